The van der Waals surface area contributed by atoms with Crippen LogP contribution in [-0.4, -0.2) is 45.7 Å². The van der Waals surface area contributed by atoms with Crippen molar-refractivity contribution in [1.29, 1.82) is 0 Å². The monoisotopic (exact) mass is 449 g/mol. The number of aromatic amines is 1. The number of carbonyl (C=O) groups excluding carboxylic acids is 1. The topological polar surface area (TPSA) is 73.1 Å². The number of likely N-dealkylation sites (tertiary alicyclic amines) is 1. The van der Waals surface area contributed by atoms with Crippen molar-refractivity contribution in [3.8, 4) is 0 Å². The van der Waals surface area contributed by atoms with E-state index in [-0.39, 0.29) is 5.91 Å². The molecule has 1 saturated heterocycles. The third kappa shape index (κ3) is 4.54. The SMILES string of the molecule is Cc1ccc(NC2(C(=O)NC3CC34CCN(Cc3c(C)n[nH]c3C)CC4)CCCCC2)cc1. The first-order valence-corrected chi connectivity index (χ1v) is 12.8. The predicted octanol–water partition coefficient (Wildman–Crippen LogP) is 4.62. The van der Waals surface area contributed by atoms with Gasteiger partial charge in [-0.05, 0) is 83.5 Å². The molecule has 1 unspecified atom stereocenters. The minimum atomic E-state index is -0.464. The first kappa shape index (κ1) is 22.5. The fourth-order valence-electron chi connectivity index (χ4n) is 6.07. The highest BCUT2D eigenvalue weighted by molar-refractivity contribution is 5.90. The Labute approximate surface area is 197 Å². The number of nitrogens with one attached hydrogen (secondary N) is 3. The van der Waals surface area contributed by atoms with Crippen LogP contribution in [0.1, 0.15) is 73.9 Å². The van der Waals surface area contributed by atoms with Crippen molar-refractivity contribution in [2.45, 2.75) is 90.3 Å². The molecule has 3 aliphatic rings. The average molecular weight is 450 g/mol. The highest BCUT2D eigenvalue weighted by Crippen LogP contribution is 2.54. The molecule has 1 aliphatic heterocycles. The molecule has 1 aromatic carbocycles. The van der Waals surface area contributed by atoms with E-state index in [1.165, 1.54) is 36.1 Å². The number of hydrogen-bond acceptors (Lipinski definition) is 4. The zero-order valence-corrected chi connectivity index (χ0v) is 20.5. The summed E-state index contributed by atoms with van der Waals surface area (Å²) in [5.74, 6) is 0.219. The standard InChI is InChI=1S/C27H39N5O/c1-19-7-9-22(10-8-19)29-27(11-5-4-6-12-27)25(33)28-24-17-26(24)13-15-32(16-14-26)18-23-20(2)30-31-21(23)3/h7-10,24,29H,4-6,11-18H2,1-3H3,(H,28,33)(H,30,31). The van der Waals surface area contributed by atoms with Crippen LogP contribution in [0.25, 0.3) is 0 Å². The number of piperidine rings is 1. The molecule has 0 bridgehead atoms. The van der Waals surface area contributed by atoms with Crippen molar-refractivity contribution in [1.82, 2.24) is 20.4 Å². The van der Waals surface area contributed by atoms with Crippen LogP contribution in [0.4, 0.5) is 5.69 Å². The van der Waals surface area contributed by atoms with Gasteiger partial charge < -0.3 is 10.6 Å². The summed E-state index contributed by atoms with van der Waals surface area (Å²) >= 11 is 0. The lowest BCUT2D eigenvalue weighted by Crippen LogP contribution is -2.55. The third-order valence-electron chi connectivity index (χ3n) is 8.59. The summed E-state index contributed by atoms with van der Waals surface area (Å²) in [4.78, 5) is 16.2. The minimum absolute atomic E-state index is 0.219. The molecule has 5 rings (SSSR count). The molecule has 0 radical (unpaired) electrons. The summed E-state index contributed by atoms with van der Waals surface area (Å²) < 4.78 is 0. The van der Waals surface area contributed by atoms with E-state index in [0.717, 1.165) is 63.1 Å². The van der Waals surface area contributed by atoms with E-state index >= 15 is 0 Å². The lowest BCUT2D eigenvalue weighted by Gasteiger charge is -2.38. The Morgan fingerprint density at radius 2 is 1.76 bits per heavy atom. The van der Waals surface area contributed by atoms with Gasteiger partial charge in [-0.1, -0.05) is 37.0 Å². The number of nitrogens with zero attached hydrogens (tertiary/aromatic N) is 2. The molecule has 6 heteroatoms. The summed E-state index contributed by atoms with van der Waals surface area (Å²) in [7, 11) is 0. The second kappa shape index (κ2) is 8.79. The Morgan fingerprint density at radius 1 is 1.06 bits per heavy atom. The van der Waals surface area contributed by atoms with Crippen LogP contribution in [0.15, 0.2) is 24.3 Å². The summed E-state index contributed by atoms with van der Waals surface area (Å²) in [6, 6.07) is 8.79. The van der Waals surface area contributed by atoms with Gasteiger partial charge in [-0.15, -0.1) is 0 Å². The van der Waals surface area contributed by atoms with Gasteiger partial charge in [-0.3, -0.25) is 14.8 Å². The van der Waals surface area contributed by atoms with Gasteiger partial charge in [-0.25, -0.2) is 0 Å². The molecular weight excluding hydrogens is 410 g/mol. The van der Waals surface area contributed by atoms with Crippen molar-refractivity contribution in [3.63, 3.8) is 0 Å². The molecule has 1 spiro atoms. The van der Waals surface area contributed by atoms with E-state index in [2.05, 4.69) is 70.8 Å². The quantitative estimate of drug-likeness (QED) is 0.602. The highest BCUT2D eigenvalue weighted by Gasteiger charge is 2.56. The summed E-state index contributed by atoms with van der Waals surface area (Å²) in [6.45, 7) is 9.47. The number of benzene rings is 1. The predicted molar refractivity (Wildman–Crippen MR) is 132 cm³/mol. The summed E-state index contributed by atoms with van der Waals surface area (Å²) in [6.07, 6.45) is 8.78. The van der Waals surface area contributed by atoms with Crippen molar-refractivity contribution in [2.24, 2.45) is 5.41 Å². The zero-order valence-electron chi connectivity index (χ0n) is 20.5. The van der Waals surface area contributed by atoms with Gasteiger partial charge in [0, 0.05) is 29.5 Å². The molecule has 6 nitrogen and oxygen atoms in total. The number of carbonyl (C=O) groups is 1. The van der Waals surface area contributed by atoms with Gasteiger partial charge in [0.15, 0.2) is 0 Å². The number of anilines is 1. The van der Waals surface area contributed by atoms with Crippen LogP contribution < -0.4 is 10.6 Å². The smallest absolute Gasteiger partial charge is 0.245 e. The van der Waals surface area contributed by atoms with Crippen LogP contribution in [0, 0.1) is 26.2 Å². The van der Waals surface area contributed by atoms with Crippen LogP contribution in [0.3, 0.4) is 0 Å². The molecule has 2 aromatic rings. The van der Waals surface area contributed by atoms with Crippen molar-refractivity contribution in [3.05, 3.63) is 46.8 Å². The van der Waals surface area contributed by atoms with E-state index in [9.17, 15) is 4.79 Å². The van der Waals surface area contributed by atoms with E-state index in [1.54, 1.807) is 0 Å². The van der Waals surface area contributed by atoms with Gasteiger partial charge in [0.2, 0.25) is 5.91 Å². The van der Waals surface area contributed by atoms with Gasteiger partial charge in [0.25, 0.3) is 0 Å². The molecule has 33 heavy (non-hydrogen) atoms. The highest BCUT2D eigenvalue weighted by atomic mass is 16.2. The second-order valence-electron chi connectivity index (χ2n) is 10.9. The Bertz CT molecular complexity index is 961. The van der Waals surface area contributed by atoms with E-state index in [0.29, 0.717) is 11.5 Å². The first-order chi connectivity index (χ1) is 15.9. The Balaban J connectivity index is 1.19. The fourth-order valence-corrected chi connectivity index (χ4v) is 6.07. The normalized spacial score (nSPS) is 23.9. The summed E-state index contributed by atoms with van der Waals surface area (Å²) in [5.41, 5.74) is 5.79. The van der Waals surface area contributed by atoms with Crippen molar-refractivity contribution < 1.29 is 4.79 Å². The molecular formula is C27H39N5O. The second-order valence-corrected chi connectivity index (χ2v) is 10.9. The van der Waals surface area contributed by atoms with Gasteiger partial charge in [0.05, 0.1) is 5.69 Å². The van der Waals surface area contributed by atoms with Crippen LogP contribution in [0.2, 0.25) is 0 Å². The summed E-state index contributed by atoms with van der Waals surface area (Å²) in [5, 5.41) is 14.6. The molecule has 1 atom stereocenters. The largest absolute Gasteiger partial charge is 0.371 e. The first-order valence-electron chi connectivity index (χ1n) is 12.8. The molecule has 3 N–H and O–H groups in total. The number of aryl methyl sites for hydroxylation is 3. The number of hydrogen-bond donors (Lipinski definition) is 3. The molecule has 2 aliphatic carbocycles. The van der Waals surface area contributed by atoms with Crippen molar-refractivity contribution in [2.75, 3.05) is 18.4 Å². The minimum Gasteiger partial charge on any atom is -0.371 e. The number of rotatable bonds is 6. The van der Waals surface area contributed by atoms with Crippen molar-refractivity contribution >= 4 is 11.6 Å². The lowest BCUT2D eigenvalue weighted by molar-refractivity contribution is -0.127. The Kier molecular flexibility index (Phi) is 5.98. The zero-order chi connectivity index (χ0) is 23.1. The molecule has 1 amide bonds. The maximum atomic E-state index is 13.6. The van der Waals surface area contributed by atoms with Crippen LogP contribution in [0.5, 0.6) is 0 Å². The Hall–Kier alpha value is -2.34. The molecule has 2 saturated carbocycles. The van der Waals surface area contributed by atoms with Crippen LogP contribution in [-0.2, 0) is 11.3 Å². The Morgan fingerprint density at radius 3 is 2.39 bits per heavy atom. The number of H-pyrrole nitrogens is 1. The lowest BCUT2D eigenvalue weighted by atomic mass is 9.80. The number of amides is 1. The molecule has 1 aromatic heterocycles. The molecule has 2 heterocycles. The molecule has 3 fully saturated rings. The van der Waals surface area contributed by atoms with Crippen LogP contribution >= 0.6 is 0 Å². The third-order valence-corrected chi connectivity index (χ3v) is 8.59. The average Bonchev–Trinajstić information content (AvgIpc) is 3.38. The van der Waals surface area contributed by atoms with Gasteiger partial charge >= 0.3 is 0 Å². The van der Waals surface area contributed by atoms with E-state index in [1.807, 2.05) is 0 Å². The fraction of sp³-hybridized carbons (Fsp3) is 0.630. The van der Waals surface area contributed by atoms with E-state index < -0.39 is 5.54 Å². The van der Waals surface area contributed by atoms with E-state index in [4.69, 9.17) is 0 Å². The maximum absolute atomic E-state index is 13.6. The number of aromatic nitrogens is 2. The van der Waals surface area contributed by atoms with Gasteiger partial charge in [-0.2, -0.15) is 5.10 Å². The maximum Gasteiger partial charge on any atom is 0.245 e. The molecule has 178 valence electrons. The van der Waals surface area contributed by atoms with Gasteiger partial charge in [0.1, 0.15) is 5.54 Å².